The minimum absolute atomic E-state index is 0.192. The zero-order chi connectivity index (χ0) is 22.1. The third kappa shape index (κ3) is 3.71. The number of carboxylic acid groups (broad SMARTS) is 1. The first kappa shape index (κ1) is 19.9. The van der Waals surface area contributed by atoms with Crippen molar-refractivity contribution in [2.75, 3.05) is 6.61 Å². The summed E-state index contributed by atoms with van der Waals surface area (Å²) >= 11 is 0. The Morgan fingerprint density at radius 3 is 2.47 bits per heavy atom. The highest BCUT2D eigenvalue weighted by Gasteiger charge is 2.15. The van der Waals surface area contributed by atoms with Crippen molar-refractivity contribution < 1.29 is 14.6 Å². The van der Waals surface area contributed by atoms with Gasteiger partial charge in [0.2, 0.25) is 0 Å². The van der Waals surface area contributed by atoms with Crippen molar-refractivity contribution >= 4 is 27.6 Å². The van der Waals surface area contributed by atoms with E-state index in [0.29, 0.717) is 13.0 Å². The molecule has 5 rings (SSSR count). The highest BCUT2D eigenvalue weighted by Crippen LogP contribution is 2.33. The van der Waals surface area contributed by atoms with E-state index < -0.39 is 5.97 Å². The number of hydrogen-bond donors (Lipinski definition) is 2. The van der Waals surface area contributed by atoms with Gasteiger partial charge in [-0.25, -0.2) is 4.79 Å². The van der Waals surface area contributed by atoms with Crippen molar-refractivity contribution in [1.82, 2.24) is 4.98 Å². The number of hydrogen-bond acceptors (Lipinski definition) is 2. The Morgan fingerprint density at radius 1 is 0.875 bits per heavy atom. The van der Waals surface area contributed by atoms with Crippen molar-refractivity contribution in [3.63, 3.8) is 0 Å². The molecule has 4 heteroatoms. The summed E-state index contributed by atoms with van der Waals surface area (Å²) in [6.07, 6.45) is 0.675. The Bertz CT molecular complexity index is 1450. The van der Waals surface area contributed by atoms with Crippen LogP contribution >= 0.6 is 0 Å². The molecule has 158 valence electrons. The Balaban J connectivity index is 1.45. The molecule has 0 saturated carbocycles. The predicted octanol–water partition coefficient (Wildman–Crippen LogP) is 6.62. The maximum absolute atomic E-state index is 11.6. The first-order valence-electron chi connectivity index (χ1n) is 10.7. The number of carboxylic acids is 1. The average molecular weight is 421 g/mol. The van der Waals surface area contributed by atoms with Gasteiger partial charge >= 0.3 is 5.97 Å². The number of benzene rings is 4. The molecule has 0 amide bonds. The van der Waals surface area contributed by atoms with Gasteiger partial charge in [-0.3, -0.25) is 0 Å². The lowest BCUT2D eigenvalue weighted by Crippen LogP contribution is -2.02. The summed E-state index contributed by atoms with van der Waals surface area (Å²) in [4.78, 5) is 14.8. The Kier molecular flexibility index (Phi) is 5.12. The molecule has 0 aliphatic carbocycles. The van der Waals surface area contributed by atoms with E-state index in [2.05, 4.69) is 54.4 Å². The summed E-state index contributed by atoms with van der Waals surface area (Å²) in [6, 6.07) is 28.3. The van der Waals surface area contributed by atoms with Gasteiger partial charge in [0, 0.05) is 17.4 Å². The monoisotopic (exact) mass is 421 g/mol. The van der Waals surface area contributed by atoms with Crippen LogP contribution in [-0.4, -0.2) is 22.7 Å². The van der Waals surface area contributed by atoms with Gasteiger partial charge in [-0.1, -0.05) is 66.7 Å². The van der Waals surface area contributed by atoms with Gasteiger partial charge in [0.15, 0.2) is 0 Å². The van der Waals surface area contributed by atoms with Crippen LogP contribution in [0.15, 0.2) is 84.9 Å². The number of fused-ring (bicyclic) bond motifs is 2. The topological polar surface area (TPSA) is 62.3 Å². The van der Waals surface area contributed by atoms with E-state index in [1.165, 1.54) is 5.39 Å². The van der Waals surface area contributed by atoms with Gasteiger partial charge in [-0.05, 0) is 52.6 Å². The second-order valence-electron chi connectivity index (χ2n) is 7.97. The van der Waals surface area contributed by atoms with Gasteiger partial charge in [-0.2, -0.15) is 0 Å². The molecule has 1 heterocycles. The zero-order valence-corrected chi connectivity index (χ0v) is 17.8. The number of aromatic amines is 1. The molecule has 0 saturated heterocycles. The van der Waals surface area contributed by atoms with Crippen molar-refractivity contribution in [2.24, 2.45) is 0 Å². The summed E-state index contributed by atoms with van der Waals surface area (Å²) in [7, 11) is 0. The van der Waals surface area contributed by atoms with Crippen LogP contribution in [0.1, 0.15) is 21.6 Å². The fourth-order valence-corrected chi connectivity index (χ4v) is 4.25. The average Bonchev–Trinajstić information content (AvgIpc) is 3.26. The summed E-state index contributed by atoms with van der Waals surface area (Å²) in [6.45, 7) is 2.57. The second kappa shape index (κ2) is 8.23. The van der Waals surface area contributed by atoms with Crippen molar-refractivity contribution in [3.05, 3.63) is 102 Å². The smallest absolute Gasteiger partial charge is 0.352 e. The number of nitrogens with one attached hydrogen (secondary N) is 1. The van der Waals surface area contributed by atoms with Gasteiger partial charge < -0.3 is 14.8 Å². The highest BCUT2D eigenvalue weighted by atomic mass is 16.5. The van der Waals surface area contributed by atoms with Crippen LogP contribution in [0, 0.1) is 6.92 Å². The molecule has 0 fully saturated rings. The predicted molar refractivity (Wildman–Crippen MR) is 129 cm³/mol. The lowest BCUT2D eigenvalue weighted by Gasteiger charge is -2.11. The van der Waals surface area contributed by atoms with E-state index in [4.69, 9.17) is 4.74 Å². The van der Waals surface area contributed by atoms with E-state index in [1.807, 2.05) is 36.4 Å². The normalized spacial score (nSPS) is 11.2. The molecule has 0 bridgehead atoms. The molecular weight excluding hydrogens is 398 g/mol. The van der Waals surface area contributed by atoms with Gasteiger partial charge in [0.1, 0.15) is 11.4 Å². The molecule has 32 heavy (non-hydrogen) atoms. The minimum atomic E-state index is -0.963. The van der Waals surface area contributed by atoms with Gasteiger partial charge in [0.05, 0.1) is 12.1 Å². The molecule has 0 radical (unpaired) electrons. The number of ether oxygens (including phenoxy) is 1. The number of rotatable bonds is 6. The third-order valence-electron chi connectivity index (χ3n) is 5.91. The number of aromatic nitrogens is 1. The first-order chi connectivity index (χ1) is 15.6. The van der Waals surface area contributed by atoms with E-state index in [9.17, 15) is 9.90 Å². The van der Waals surface area contributed by atoms with E-state index in [1.54, 1.807) is 6.07 Å². The largest absolute Gasteiger partial charge is 0.493 e. The Hall–Kier alpha value is -4.05. The Morgan fingerprint density at radius 2 is 1.66 bits per heavy atom. The Labute approximate surface area is 186 Å². The van der Waals surface area contributed by atoms with Crippen LogP contribution in [-0.2, 0) is 6.42 Å². The van der Waals surface area contributed by atoms with E-state index >= 15 is 0 Å². The number of H-pyrrole nitrogens is 1. The minimum Gasteiger partial charge on any atom is -0.493 e. The van der Waals surface area contributed by atoms with Crippen LogP contribution < -0.4 is 4.74 Å². The third-order valence-corrected chi connectivity index (χ3v) is 5.91. The number of aromatic carboxylic acids is 1. The van der Waals surface area contributed by atoms with Crippen LogP contribution in [0.2, 0.25) is 0 Å². The number of aryl methyl sites for hydroxylation is 1. The fourth-order valence-electron chi connectivity index (χ4n) is 4.25. The fraction of sp³-hybridized carbons (Fsp3) is 0.107. The van der Waals surface area contributed by atoms with E-state index in [-0.39, 0.29) is 5.69 Å². The standard InChI is InChI=1S/C28H23NO3/c1-18-6-2-5-9-23(18)24-13-11-20(25-17-26(28(30)31)29-27(24)25)14-15-32-22-12-10-19-7-3-4-8-21(19)16-22/h2-13,16-17,29H,14-15H2,1H3,(H,30,31). The molecular formula is C28H23NO3. The highest BCUT2D eigenvalue weighted by molar-refractivity contribution is 6.02. The summed E-state index contributed by atoms with van der Waals surface area (Å²) in [5.41, 5.74) is 5.34. The lowest BCUT2D eigenvalue weighted by atomic mass is 9.96. The van der Waals surface area contributed by atoms with Gasteiger partial charge in [0.25, 0.3) is 0 Å². The van der Waals surface area contributed by atoms with Crippen molar-refractivity contribution in [1.29, 1.82) is 0 Å². The first-order valence-corrected chi connectivity index (χ1v) is 10.7. The summed E-state index contributed by atoms with van der Waals surface area (Å²) in [5, 5.41) is 12.8. The van der Waals surface area contributed by atoms with Crippen LogP contribution in [0.4, 0.5) is 0 Å². The molecule has 0 atom stereocenters. The quantitative estimate of drug-likeness (QED) is 0.324. The van der Waals surface area contributed by atoms with Crippen molar-refractivity contribution in [2.45, 2.75) is 13.3 Å². The van der Waals surface area contributed by atoms with Crippen LogP contribution in [0.3, 0.4) is 0 Å². The maximum atomic E-state index is 11.6. The van der Waals surface area contributed by atoms with Gasteiger partial charge in [-0.15, -0.1) is 0 Å². The molecule has 2 N–H and O–H groups in total. The molecule has 4 nitrogen and oxygen atoms in total. The SMILES string of the molecule is Cc1ccccc1-c1ccc(CCOc2ccc3ccccc3c2)c2cc(C(=O)O)[nH]c12. The van der Waals surface area contributed by atoms with Crippen molar-refractivity contribution in [3.8, 4) is 16.9 Å². The molecule has 0 unspecified atom stereocenters. The second-order valence-corrected chi connectivity index (χ2v) is 7.97. The summed E-state index contributed by atoms with van der Waals surface area (Å²) < 4.78 is 6.03. The lowest BCUT2D eigenvalue weighted by molar-refractivity contribution is 0.0691. The van der Waals surface area contributed by atoms with Crippen LogP contribution in [0.5, 0.6) is 5.75 Å². The van der Waals surface area contributed by atoms with Crippen LogP contribution in [0.25, 0.3) is 32.8 Å². The maximum Gasteiger partial charge on any atom is 0.352 e. The van der Waals surface area contributed by atoms with E-state index in [0.717, 1.165) is 44.3 Å². The molecule has 5 aromatic rings. The zero-order valence-electron chi connectivity index (χ0n) is 17.8. The molecule has 0 spiro atoms. The molecule has 0 aliphatic rings. The summed E-state index contributed by atoms with van der Waals surface area (Å²) in [5.74, 6) is -0.132. The molecule has 1 aromatic heterocycles. The number of carbonyl (C=O) groups is 1. The molecule has 0 aliphatic heterocycles. The molecule has 4 aromatic carbocycles.